The highest BCUT2D eigenvalue weighted by molar-refractivity contribution is 5.89. The summed E-state index contributed by atoms with van der Waals surface area (Å²) in [5.41, 5.74) is 3.21. The Morgan fingerprint density at radius 2 is 2.33 bits per heavy atom. The number of carbonyl (C=O) groups is 1. The summed E-state index contributed by atoms with van der Waals surface area (Å²) in [7, 11) is 0. The van der Waals surface area contributed by atoms with Gasteiger partial charge in [-0.2, -0.15) is 0 Å². The summed E-state index contributed by atoms with van der Waals surface area (Å²) in [5, 5.41) is 8.99. The van der Waals surface area contributed by atoms with E-state index in [-0.39, 0.29) is 0 Å². The molecule has 0 amide bonds. The maximum absolute atomic E-state index is 10.9. The van der Waals surface area contributed by atoms with Crippen LogP contribution in [0.25, 0.3) is 0 Å². The van der Waals surface area contributed by atoms with Gasteiger partial charge in [0, 0.05) is 5.69 Å². The van der Waals surface area contributed by atoms with Crippen LogP contribution in [-0.4, -0.2) is 16.1 Å². The zero-order chi connectivity index (χ0) is 11.0. The minimum atomic E-state index is -0.874. The first-order chi connectivity index (χ1) is 7.09. The van der Waals surface area contributed by atoms with Crippen molar-refractivity contribution in [1.29, 1.82) is 0 Å². The van der Waals surface area contributed by atoms with E-state index < -0.39 is 5.97 Å². The first-order valence-electron chi connectivity index (χ1n) is 5.33. The Morgan fingerprint density at radius 3 is 3.00 bits per heavy atom. The molecule has 1 atom stereocenters. The van der Waals surface area contributed by atoms with Gasteiger partial charge in [-0.1, -0.05) is 6.92 Å². The van der Waals surface area contributed by atoms with Crippen molar-refractivity contribution in [2.75, 3.05) is 0 Å². The second kappa shape index (κ2) is 3.65. The van der Waals surface area contributed by atoms with Crippen LogP contribution in [0.15, 0.2) is 6.07 Å². The molecule has 0 bridgehead atoms. The van der Waals surface area contributed by atoms with Crippen LogP contribution in [0.1, 0.15) is 53.0 Å². The van der Waals surface area contributed by atoms with E-state index in [0.717, 1.165) is 30.5 Å². The van der Waals surface area contributed by atoms with E-state index in [4.69, 9.17) is 5.11 Å². The van der Waals surface area contributed by atoms with Crippen LogP contribution in [0, 0.1) is 6.92 Å². The van der Waals surface area contributed by atoms with E-state index in [1.807, 2.05) is 0 Å². The van der Waals surface area contributed by atoms with Crippen LogP contribution in [-0.2, 0) is 6.42 Å². The third-order valence-electron chi connectivity index (χ3n) is 3.11. The van der Waals surface area contributed by atoms with Crippen molar-refractivity contribution in [3.05, 3.63) is 28.6 Å². The maximum atomic E-state index is 10.9. The van der Waals surface area contributed by atoms with Gasteiger partial charge in [-0.05, 0) is 43.7 Å². The smallest absolute Gasteiger partial charge is 0.337 e. The van der Waals surface area contributed by atoms with Gasteiger partial charge in [0.15, 0.2) is 0 Å². The Morgan fingerprint density at radius 1 is 1.60 bits per heavy atom. The number of pyridine rings is 1. The predicted octanol–water partition coefficient (Wildman–Crippen LogP) is 2.53. The van der Waals surface area contributed by atoms with Crippen LogP contribution in [0.4, 0.5) is 0 Å². The summed E-state index contributed by atoms with van der Waals surface area (Å²) in [6.45, 7) is 3.93. The van der Waals surface area contributed by atoms with Gasteiger partial charge in [0.2, 0.25) is 0 Å². The van der Waals surface area contributed by atoms with E-state index >= 15 is 0 Å². The monoisotopic (exact) mass is 205 g/mol. The van der Waals surface area contributed by atoms with Crippen molar-refractivity contribution in [2.24, 2.45) is 0 Å². The van der Waals surface area contributed by atoms with E-state index in [1.54, 1.807) is 13.0 Å². The molecule has 1 aromatic heterocycles. The number of carboxylic acid groups (broad SMARTS) is 1. The van der Waals surface area contributed by atoms with Crippen LogP contribution in [0.5, 0.6) is 0 Å². The summed E-state index contributed by atoms with van der Waals surface area (Å²) in [6.07, 6.45) is 3.26. The average molecular weight is 205 g/mol. The van der Waals surface area contributed by atoms with Crippen LogP contribution < -0.4 is 0 Å². The van der Waals surface area contributed by atoms with Crippen molar-refractivity contribution in [2.45, 2.75) is 39.0 Å². The summed E-state index contributed by atoms with van der Waals surface area (Å²) < 4.78 is 0. The topological polar surface area (TPSA) is 50.2 Å². The molecule has 1 N–H and O–H groups in total. The second-order valence-corrected chi connectivity index (χ2v) is 4.26. The zero-order valence-electron chi connectivity index (χ0n) is 9.08. The van der Waals surface area contributed by atoms with Gasteiger partial charge in [0.25, 0.3) is 0 Å². The number of fused-ring (bicyclic) bond motifs is 1. The highest BCUT2D eigenvalue weighted by atomic mass is 16.4. The largest absolute Gasteiger partial charge is 0.478 e. The van der Waals surface area contributed by atoms with Gasteiger partial charge in [-0.25, -0.2) is 4.79 Å². The highest BCUT2D eigenvalue weighted by Gasteiger charge is 2.21. The van der Waals surface area contributed by atoms with Gasteiger partial charge in [-0.15, -0.1) is 0 Å². The lowest BCUT2D eigenvalue weighted by Gasteiger charge is -2.22. The zero-order valence-corrected chi connectivity index (χ0v) is 9.08. The van der Waals surface area contributed by atoms with Crippen LogP contribution in [0.3, 0.4) is 0 Å². The molecule has 2 rings (SSSR count). The third kappa shape index (κ3) is 1.74. The van der Waals surface area contributed by atoms with E-state index in [2.05, 4.69) is 11.9 Å². The molecule has 0 aliphatic heterocycles. The van der Waals surface area contributed by atoms with Gasteiger partial charge in [0.1, 0.15) is 0 Å². The van der Waals surface area contributed by atoms with Crippen molar-refractivity contribution in [1.82, 2.24) is 4.98 Å². The minimum Gasteiger partial charge on any atom is -0.478 e. The van der Waals surface area contributed by atoms with Crippen molar-refractivity contribution in [3.63, 3.8) is 0 Å². The average Bonchev–Trinajstić information content (AvgIpc) is 2.18. The van der Waals surface area contributed by atoms with Gasteiger partial charge in [-0.3, -0.25) is 4.98 Å². The number of hydrogen-bond donors (Lipinski definition) is 1. The van der Waals surface area contributed by atoms with Crippen LogP contribution in [0.2, 0.25) is 0 Å². The molecule has 0 spiro atoms. The SMILES string of the molecule is Cc1nc2c(cc1C(=O)O)CCCC2C. The molecule has 0 saturated carbocycles. The molecule has 1 aromatic rings. The number of nitrogens with zero attached hydrogens (tertiary/aromatic N) is 1. The Labute approximate surface area is 89.2 Å². The Balaban J connectivity index is 2.54. The van der Waals surface area contributed by atoms with Crippen molar-refractivity contribution >= 4 is 5.97 Å². The van der Waals surface area contributed by atoms with Gasteiger partial charge in [0.05, 0.1) is 11.3 Å². The summed E-state index contributed by atoms with van der Waals surface area (Å²) in [6, 6.07) is 1.80. The highest BCUT2D eigenvalue weighted by Crippen LogP contribution is 2.30. The number of aryl methyl sites for hydroxylation is 2. The molecule has 80 valence electrons. The lowest BCUT2D eigenvalue weighted by atomic mass is 9.87. The summed E-state index contributed by atoms with van der Waals surface area (Å²) >= 11 is 0. The van der Waals surface area contributed by atoms with E-state index in [0.29, 0.717) is 17.2 Å². The molecule has 0 aromatic carbocycles. The summed E-state index contributed by atoms with van der Waals surface area (Å²) in [5.74, 6) is -0.406. The van der Waals surface area contributed by atoms with Crippen LogP contribution >= 0.6 is 0 Å². The number of hydrogen-bond acceptors (Lipinski definition) is 2. The Hall–Kier alpha value is -1.38. The van der Waals surface area contributed by atoms with E-state index in [9.17, 15) is 4.79 Å². The fourth-order valence-corrected chi connectivity index (χ4v) is 2.24. The lowest BCUT2D eigenvalue weighted by Crippen LogP contribution is -2.13. The molecule has 1 aliphatic carbocycles. The fraction of sp³-hybridized carbons (Fsp3) is 0.500. The Kier molecular flexibility index (Phi) is 2.47. The van der Waals surface area contributed by atoms with Crippen molar-refractivity contribution in [3.8, 4) is 0 Å². The Bertz CT molecular complexity index is 412. The molecule has 1 heterocycles. The first kappa shape index (κ1) is 10.1. The normalized spacial score (nSPS) is 19.7. The fourth-order valence-electron chi connectivity index (χ4n) is 2.24. The molecular weight excluding hydrogens is 190 g/mol. The van der Waals surface area contributed by atoms with Crippen molar-refractivity contribution < 1.29 is 9.90 Å². The molecule has 1 unspecified atom stereocenters. The molecular formula is C12H15NO2. The van der Waals surface area contributed by atoms with Gasteiger partial charge < -0.3 is 5.11 Å². The number of rotatable bonds is 1. The quantitative estimate of drug-likeness (QED) is 0.766. The third-order valence-corrected chi connectivity index (χ3v) is 3.11. The molecule has 1 aliphatic rings. The van der Waals surface area contributed by atoms with E-state index in [1.165, 1.54) is 0 Å². The molecule has 3 heteroatoms. The predicted molar refractivity (Wildman–Crippen MR) is 57.3 cm³/mol. The molecule has 3 nitrogen and oxygen atoms in total. The molecule has 0 radical (unpaired) electrons. The molecule has 0 fully saturated rings. The second-order valence-electron chi connectivity index (χ2n) is 4.26. The maximum Gasteiger partial charge on any atom is 0.337 e. The number of aromatic carboxylic acids is 1. The summed E-state index contributed by atoms with van der Waals surface area (Å²) in [4.78, 5) is 15.4. The standard InChI is InChI=1S/C12H15NO2/c1-7-4-3-5-9-6-10(12(14)15)8(2)13-11(7)9/h6-7H,3-5H2,1-2H3,(H,14,15). The lowest BCUT2D eigenvalue weighted by molar-refractivity contribution is 0.0695. The minimum absolute atomic E-state index is 0.350. The first-order valence-corrected chi connectivity index (χ1v) is 5.33. The number of aromatic nitrogens is 1. The number of carboxylic acids is 1. The van der Waals surface area contributed by atoms with Gasteiger partial charge >= 0.3 is 5.97 Å². The molecule has 15 heavy (non-hydrogen) atoms. The molecule has 0 saturated heterocycles.